The van der Waals surface area contributed by atoms with Gasteiger partial charge in [-0.15, -0.1) is 24.0 Å². The zero-order valence-electron chi connectivity index (χ0n) is 15.9. The third-order valence-electron chi connectivity index (χ3n) is 4.09. The number of aliphatic imine (C=N–C) groups is 1. The highest BCUT2D eigenvalue weighted by Gasteiger charge is 2.23. The highest BCUT2D eigenvalue weighted by Crippen LogP contribution is 2.21. The molecule has 7 nitrogen and oxygen atoms in total. The predicted octanol–water partition coefficient (Wildman–Crippen LogP) is 2.91. The molecule has 3 N–H and O–H groups in total. The first kappa shape index (κ1) is 22.3. The van der Waals surface area contributed by atoms with Gasteiger partial charge in [-0.2, -0.15) is 11.3 Å². The van der Waals surface area contributed by atoms with Crippen LogP contribution in [0.4, 0.5) is 0 Å². The van der Waals surface area contributed by atoms with Crippen molar-refractivity contribution < 1.29 is 5.11 Å². The van der Waals surface area contributed by atoms with E-state index in [0.717, 1.165) is 23.5 Å². The Labute approximate surface area is 186 Å². The van der Waals surface area contributed by atoms with Crippen LogP contribution in [0.15, 0.2) is 58.9 Å². The third-order valence-corrected chi connectivity index (χ3v) is 4.77. The van der Waals surface area contributed by atoms with Crippen LogP contribution in [0.3, 0.4) is 0 Å². The molecule has 3 aromatic rings. The van der Waals surface area contributed by atoms with E-state index < -0.39 is 5.60 Å². The molecule has 3 aromatic heterocycles. The molecule has 3 heterocycles. The minimum Gasteiger partial charge on any atom is -0.384 e. The molecule has 0 aliphatic rings. The largest absolute Gasteiger partial charge is 0.384 e. The number of imidazole rings is 1. The van der Waals surface area contributed by atoms with E-state index in [4.69, 9.17) is 0 Å². The second kappa shape index (κ2) is 10.5. The minimum atomic E-state index is -0.954. The fourth-order valence-electron chi connectivity index (χ4n) is 2.50. The molecule has 150 valence electrons. The molecule has 3 rings (SSSR count). The first-order valence-corrected chi connectivity index (χ1v) is 9.73. The van der Waals surface area contributed by atoms with Crippen molar-refractivity contribution in [2.75, 3.05) is 13.1 Å². The Morgan fingerprint density at radius 2 is 2.18 bits per heavy atom. The molecular weight excluding hydrogens is 487 g/mol. The smallest absolute Gasteiger partial charge is 0.191 e. The minimum absolute atomic E-state index is 0. The lowest BCUT2D eigenvalue weighted by Gasteiger charge is -2.24. The van der Waals surface area contributed by atoms with E-state index in [0.29, 0.717) is 19.0 Å². The van der Waals surface area contributed by atoms with Crippen molar-refractivity contribution in [2.45, 2.75) is 26.0 Å². The summed E-state index contributed by atoms with van der Waals surface area (Å²) in [6.45, 7) is 5.41. The number of pyridine rings is 1. The van der Waals surface area contributed by atoms with E-state index in [1.807, 2.05) is 52.8 Å². The number of aromatic nitrogens is 3. The first-order chi connectivity index (χ1) is 13.1. The maximum absolute atomic E-state index is 10.6. The molecule has 0 fully saturated rings. The molecule has 0 spiro atoms. The summed E-state index contributed by atoms with van der Waals surface area (Å²) in [6, 6.07) is 5.87. The quantitative estimate of drug-likeness (QED) is 0.258. The molecule has 1 atom stereocenters. The monoisotopic (exact) mass is 512 g/mol. The van der Waals surface area contributed by atoms with Gasteiger partial charge in [0.15, 0.2) is 5.96 Å². The van der Waals surface area contributed by atoms with E-state index in [-0.39, 0.29) is 24.0 Å². The first-order valence-electron chi connectivity index (χ1n) is 8.79. The Bertz CT molecular complexity index is 847. The van der Waals surface area contributed by atoms with Crippen molar-refractivity contribution in [3.05, 3.63) is 65.0 Å². The van der Waals surface area contributed by atoms with E-state index >= 15 is 0 Å². The van der Waals surface area contributed by atoms with Gasteiger partial charge in [0.25, 0.3) is 0 Å². The van der Waals surface area contributed by atoms with Crippen molar-refractivity contribution in [2.24, 2.45) is 4.99 Å². The number of halogens is 1. The number of nitrogens with one attached hydrogen (secondary N) is 2. The highest BCUT2D eigenvalue weighted by molar-refractivity contribution is 14.0. The van der Waals surface area contributed by atoms with Gasteiger partial charge < -0.3 is 15.7 Å². The van der Waals surface area contributed by atoms with Crippen LogP contribution in [0.5, 0.6) is 0 Å². The van der Waals surface area contributed by atoms with Gasteiger partial charge in [0.1, 0.15) is 17.7 Å². The molecule has 0 bridgehead atoms. The number of hydrogen-bond donors (Lipinski definition) is 3. The summed E-state index contributed by atoms with van der Waals surface area (Å²) < 4.78 is 1.85. The summed E-state index contributed by atoms with van der Waals surface area (Å²) in [6.07, 6.45) is 7.10. The zero-order valence-corrected chi connectivity index (χ0v) is 19.0. The number of rotatable bonds is 7. The maximum Gasteiger partial charge on any atom is 0.191 e. The molecule has 0 amide bonds. The summed E-state index contributed by atoms with van der Waals surface area (Å²) in [5.41, 5.74) is 0.945. The van der Waals surface area contributed by atoms with Crippen LogP contribution in [0.1, 0.15) is 25.0 Å². The van der Waals surface area contributed by atoms with E-state index in [1.165, 1.54) is 0 Å². The molecular formula is C19H25IN6OS. The second-order valence-corrected chi connectivity index (χ2v) is 7.11. The number of aliphatic hydroxyl groups is 1. The Kier molecular flexibility index (Phi) is 8.39. The highest BCUT2D eigenvalue weighted by atomic mass is 127. The fraction of sp³-hybridized carbons (Fsp3) is 0.316. The van der Waals surface area contributed by atoms with Crippen molar-refractivity contribution >= 4 is 41.3 Å². The lowest BCUT2D eigenvalue weighted by atomic mass is 9.99. The van der Waals surface area contributed by atoms with Gasteiger partial charge >= 0.3 is 0 Å². The van der Waals surface area contributed by atoms with Crippen LogP contribution < -0.4 is 10.6 Å². The van der Waals surface area contributed by atoms with Crippen LogP contribution >= 0.6 is 35.3 Å². The summed E-state index contributed by atoms with van der Waals surface area (Å²) in [7, 11) is 0. The summed E-state index contributed by atoms with van der Waals surface area (Å²) >= 11 is 1.57. The predicted molar refractivity (Wildman–Crippen MR) is 123 cm³/mol. The summed E-state index contributed by atoms with van der Waals surface area (Å²) in [4.78, 5) is 13.0. The number of nitrogens with zero attached hydrogens (tertiary/aromatic N) is 4. The van der Waals surface area contributed by atoms with Crippen LogP contribution in [0, 0.1) is 0 Å². The van der Waals surface area contributed by atoms with Crippen LogP contribution in [0.2, 0.25) is 0 Å². The molecule has 0 saturated carbocycles. The van der Waals surface area contributed by atoms with Gasteiger partial charge in [0, 0.05) is 25.1 Å². The molecule has 28 heavy (non-hydrogen) atoms. The normalized spacial score (nSPS) is 13.5. The molecule has 0 aromatic carbocycles. The Morgan fingerprint density at radius 1 is 1.32 bits per heavy atom. The lowest BCUT2D eigenvalue weighted by Crippen LogP contribution is -2.44. The molecule has 0 aliphatic heterocycles. The van der Waals surface area contributed by atoms with Gasteiger partial charge in [0.2, 0.25) is 0 Å². The van der Waals surface area contributed by atoms with Crippen molar-refractivity contribution in [1.82, 2.24) is 25.2 Å². The average molecular weight is 512 g/mol. The van der Waals surface area contributed by atoms with Crippen LogP contribution in [-0.4, -0.2) is 38.7 Å². The zero-order chi connectivity index (χ0) is 19.1. The van der Waals surface area contributed by atoms with Gasteiger partial charge in [-0.3, -0.25) is 4.57 Å². The number of thiophene rings is 1. The third kappa shape index (κ3) is 6.01. The fourth-order valence-corrected chi connectivity index (χ4v) is 3.28. The SMILES string of the molecule is CCNC(=NCc1ccc(-n2ccnc2)nc1)NCC(C)(O)c1ccsc1.I. The topological polar surface area (TPSA) is 87.4 Å². The van der Waals surface area contributed by atoms with Crippen molar-refractivity contribution in [3.8, 4) is 5.82 Å². The van der Waals surface area contributed by atoms with Crippen molar-refractivity contribution in [1.29, 1.82) is 0 Å². The molecule has 0 radical (unpaired) electrons. The summed E-state index contributed by atoms with van der Waals surface area (Å²) in [5, 5.41) is 21.0. The summed E-state index contributed by atoms with van der Waals surface area (Å²) in [5.74, 6) is 1.48. The Balaban J connectivity index is 0.00000280. The van der Waals surface area contributed by atoms with Gasteiger partial charge in [-0.05, 0) is 47.9 Å². The lowest BCUT2D eigenvalue weighted by molar-refractivity contribution is 0.0621. The van der Waals surface area contributed by atoms with E-state index in [9.17, 15) is 5.11 Å². The average Bonchev–Trinajstić information content (AvgIpc) is 3.39. The Hall–Kier alpha value is -1.98. The second-order valence-electron chi connectivity index (χ2n) is 6.33. The number of guanidine groups is 1. The van der Waals surface area contributed by atoms with E-state index in [2.05, 4.69) is 25.6 Å². The molecule has 1 unspecified atom stereocenters. The number of hydrogen-bond acceptors (Lipinski definition) is 5. The van der Waals surface area contributed by atoms with E-state index in [1.54, 1.807) is 30.8 Å². The Morgan fingerprint density at radius 3 is 2.79 bits per heavy atom. The van der Waals surface area contributed by atoms with Crippen molar-refractivity contribution in [3.63, 3.8) is 0 Å². The van der Waals surface area contributed by atoms with Gasteiger partial charge in [-0.1, -0.05) is 6.07 Å². The van der Waals surface area contributed by atoms with Crippen LogP contribution in [-0.2, 0) is 12.1 Å². The maximum atomic E-state index is 10.6. The molecule has 0 saturated heterocycles. The molecule has 9 heteroatoms. The van der Waals surface area contributed by atoms with Gasteiger partial charge in [-0.25, -0.2) is 15.0 Å². The van der Waals surface area contributed by atoms with Crippen LogP contribution in [0.25, 0.3) is 5.82 Å². The molecule has 0 aliphatic carbocycles. The van der Waals surface area contributed by atoms with Gasteiger partial charge in [0.05, 0.1) is 13.1 Å². The standard InChI is InChI=1S/C19H24N6OS.HI/c1-3-21-18(24-13-19(2,26)16-6-9-27-12-16)23-11-15-4-5-17(22-10-15)25-8-7-20-14-25;/h4-10,12,14,26H,3,11,13H2,1-2H3,(H2,21,23,24);1H.